The predicted molar refractivity (Wildman–Crippen MR) is 53.8 cm³/mol. The Morgan fingerprint density at radius 1 is 1.50 bits per heavy atom. The third-order valence-corrected chi connectivity index (χ3v) is 3.81. The lowest BCUT2D eigenvalue weighted by atomic mass is 9.94. The van der Waals surface area contributed by atoms with Crippen LogP contribution in [0.2, 0.25) is 0 Å². The lowest BCUT2D eigenvalue weighted by Crippen LogP contribution is -2.19. The SMILES string of the molecule is Cc1ccc(C23CNC[C@@H]2C3)cc1F. The van der Waals surface area contributed by atoms with Gasteiger partial charge in [0, 0.05) is 12.0 Å². The lowest BCUT2D eigenvalue weighted by Gasteiger charge is -2.12. The van der Waals surface area contributed by atoms with Gasteiger partial charge >= 0.3 is 0 Å². The monoisotopic (exact) mass is 191 g/mol. The molecule has 1 unspecified atom stereocenters. The van der Waals surface area contributed by atoms with Gasteiger partial charge in [0.15, 0.2) is 0 Å². The highest BCUT2D eigenvalue weighted by atomic mass is 19.1. The number of hydrogen-bond donors (Lipinski definition) is 1. The molecule has 74 valence electrons. The molecule has 2 aliphatic rings. The van der Waals surface area contributed by atoms with Gasteiger partial charge in [-0.25, -0.2) is 4.39 Å². The first-order chi connectivity index (χ1) is 6.72. The van der Waals surface area contributed by atoms with Gasteiger partial charge in [0.25, 0.3) is 0 Å². The zero-order valence-corrected chi connectivity index (χ0v) is 8.31. The van der Waals surface area contributed by atoms with Crippen molar-refractivity contribution in [1.82, 2.24) is 5.32 Å². The molecule has 0 spiro atoms. The van der Waals surface area contributed by atoms with Crippen molar-refractivity contribution in [3.8, 4) is 0 Å². The summed E-state index contributed by atoms with van der Waals surface area (Å²) in [5.74, 6) is 0.694. The summed E-state index contributed by atoms with van der Waals surface area (Å²) in [4.78, 5) is 0. The van der Waals surface area contributed by atoms with Crippen molar-refractivity contribution in [2.24, 2.45) is 5.92 Å². The van der Waals surface area contributed by atoms with Gasteiger partial charge in [-0.3, -0.25) is 0 Å². The molecule has 3 rings (SSSR count). The summed E-state index contributed by atoms with van der Waals surface area (Å²) in [5, 5.41) is 3.37. The Labute approximate surface area is 83.3 Å². The molecule has 1 nitrogen and oxygen atoms in total. The normalized spacial score (nSPS) is 34.3. The highest BCUT2D eigenvalue weighted by Crippen LogP contribution is 2.56. The lowest BCUT2D eigenvalue weighted by molar-refractivity contribution is 0.606. The van der Waals surface area contributed by atoms with Crippen LogP contribution in [0.1, 0.15) is 17.5 Å². The van der Waals surface area contributed by atoms with Crippen molar-refractivity contribution in [2.45, 2.75) is 18.8 Å². The van der Waals surface area contributed by atoms with Gasteiger partial charge in [0.2, 0.25) is 0 Å². The minimum absolute atomic E-state index is 0.0607. The molecule has 1 heterocycles. The van der Waals surface area contributed by atoms with Crippen LogP contribution in [0, 0.1) is 18.7 Å². The molecule has 0 aromatic heterocycles. The minimum atomic E-state index is -0.0607. The van der Waals surface area contributed by atoms with Crippen molar-refractivity contribution in [3.63, 3.8) is 0 Å². The number of hydrogen-bond acceptors (Lipinski definition) is 1. The van der Waals surface area contributed by atoms with Crippen LogP contribution in [-0.2, 0) is 5.41 Å². The Bertz CT molecular complexity index is 388. The van der Waals surface area contributed by atoms with Gasteiger partial charge in [0.05, 0.1) is 0 Å². The molecule has 1 N–H and O–H groups in total. The molecule has 1 saturated heterocycles. The number of aryl methyl sites for hydroxylation is 1. The fraction of sp³-hybridized carbons (Fsp3) is 0.500. The molecule has 2 fully saturated rings. The van der Waals surface area contributed by atoms with Crippen molar-refractivity contribution in [2.75, 3.05) is 13.1 Å². The number of halogens is 1. The maximum atomic E-state index is 13.4. The molecule has 1 aliphatic heterocycles. The first-order valence-electron chi connectivity index (χ1n) is 5.20. The Hall–Kier alpha value is -0.890. The van der Waals surface area contributed by atoms with Crippen molar-refractivity contribution >= 4 is 0 Å². The van der Waals surface area contributed by atoms with Crippen LogP contribution in [0.25, 0.3) is 0 Å². The van der Waals surface area contributed by atoms with E-state index in [2.05, 4.69) is 11.4 Å². The first-order valence-corrected chi connectivity index (χ1v) is 5.20. The minimum Gasteiger partial charge on any atom is -0.316 e. The number of benzene rings is 1. The number of nitrogens with one attached hydrogen (secondary N) is 1. The van der Waals surface area contributed by atoms with E-state index in [0.717, 1.165) is 24.6 Å². The van der Waals surface area contributed by atoms with Crippen LogP contribution >= 0.6 is 0 Å². The third kappa shape index (κ3) is 0.976. The summed E-state index contributed by atoms with van der Waals surface area (Å²) >= 11 is 0. The van der Waals surface area contributed by atoms with Gasteiger partial charge in [-0.05, 0) is 43.0 Å². The van der Waals surface area contributed by atoms with E-state index in [1.54, 1.807) is 6.07 Å². The van der Waals surface area contributed by atoms with Crippen molar-refractivity contribution in [1.29, 1.82) is 0 Å². The van der Waals surface area contributed by atoms with Gasteiger partial charge in [-0.1, -0.05) is 12.1 Å². The number of rotatable bonds is 1. The van der Waals surface area contributed by atoms with Crippen LogP contribution in [0.15, 0.2) is 18.2 Å². The van der Waals surface area contributed by atoms with E-state index in [4.69, 9.17) is 0 Å². The molecule has 0 bridgehead atoms. The zero-order valence-electron chi connectivity index (χ0n) is 8.31. The number of piperidine rings is 1. The van der Waals surface area contributed by atoms with Crippen LogP contribution in [0.5, 0.6) is 0 Å². The van der Waals surface area contributed by atoms with Crippen LogP contribution < -0.4 is 5.32 Å². The largest absolute Gasteiger partial charge is 0.316 e. The van der Waals surface area contributed by atoms with E-state index < -0.39 is 0 Å². The number of fused-ring (bicyclic) bond motifs is 1. The van der Waals surface area contributed by atoms with E-state index in [0.29, 0.717) is 0 Å². The maximum absolute atomic E-state index is 13.4. The topological polar surface area (TPSA) is 12.0 Å². The molecule has 0 radical (unpaired) electrons. The van der Waals surface area contributed by atoms with Gasteiger partial charge in [0.1, 0.15) is 5.82 Å². The molecule has 2 atom stereocenters. The van der Waals surface area contributed by atoms with E-state index >= 15 is 0 Å². The quantitative estimate of drug-likeness (QED) is 0.716. The summed E-state index contributed by atoms with van der Waals surface area (Å²) in [5.41, 5.74) is 2.22. The average Bonchev–Trinajstić information content (AvgIpc) is 2.75. The van der Waals surface area contributed by atoms with Gasteiger partial charge < -0.3 is 5.32 Å². The third-order valence-electron chi connectivity index (χ3n) is 3.81. The van der Waals surface area contributed by atoms with E-state index in [1.807, 2.05) is 13.0 Å². The zero-order chi connectivity index (χ0) is 9.76. The van der Waals surface area contributed by atoms with Gasteiger partial charge in [-0.15, -0.1) is 0 Å². The van der Waals surface area contributed by atoms with E-state index in [1.165, 1.54) is 12.0 Å². The highest BCUT2D eigenvalue weighted by Gasteiger charge is 2.58. The average molecular weight is 191 g/mol. The molecule has 1 aromatic carbocycles. The molecule has 0 amide bonds. The second-order valence-corrected chi connectivity index (χ2v) is 4.65. The van der Waals surface area contributed by atoms with Crippen molar-refractivity contribution in [3.05, 3.63) is 35.1 Å². The summed E-state index contributed by atoms with van der Waals surface area (Å²) in [7, 11) is 0. The molecular weight excluding hydrogens is 177 g/mol. The van der Waals surface area contributed by atoms with E-state index in [9.17, 15) is 4.39 Å². The molecule has 1 saturated carbocycles. The predicted octanol–water partition coefficient (Wildman–Crippen LogP) is 2.00. The fourth-order valence-corrected chi connectivity index (χ4v) is 2.69. The maximum Gasteiger partial charge on any atom is 0.126 e. The van der Waals surface area contributed by atoms with Crippen LogP contribution in [-0.4, -0.2) is 13.1 Å². The summed E-state index contributed by atoms with van der Waals surface area (Å²) in [6.45, 7) is 3.95. The Kier molecular flexibility index (Phi) is 1.55. The summed E-state index contributed by atoms with van der Waals surface area (Å²) in [6, 6.07) is 5.71. The molecule has 1 aliphatic carbocycles. The van der Waals surface area contributed by atoms with E-state index in [-0.39, 0.29) is 11.2 Å². The first kappa shape index (κ1) is 8.42. The fourth-order valence-electron chi connectivity index (χ4n) is 2.69. The molecule has 14 heavy (non-hydrogen) atoms. The molecule has 1 aromatic rings. The Morgan fingerprint density at radius 3 is 2.93 bits per heavy atom. The molecular formula is C12H14FN. The Morgan fingerprint density at radius 2 is 2.36 bits per heavy atom. The smallest absolute Gasteiger partial charge is 0.126 e. The molecule has 2 heteroatoms. The van der Waals surface area contributed by atoms with Gasteiger partial charge in [-0.2, -0.15) is 0 Å². The van der Waals surface area contributed by atoms with Crippen molar-refractivity contribution < 1.29 is 4.39 Å². The van der Waals surface area contributed by atoms with Crippen LogP contribution in [0.4, 0.5) is 4.39 Å². The van der Waals surface area contributed by atoms with Crippen LogP contribution in [0.3, 0.4) is 0 Å². The highest BCUT2D eigenvalue weighted by molar-refractivity contribution is 5.38. The summed E-state index contributed by atoms with van der Waals surface area (Å²) < 4.78 is 13.4. The second kappa shape index (κ2) is 2.57. The standard InChI is InChI=1S/C12H14FN/c1-8-2-3-9(4-11(8)13)12-5-10(12)6-14-7-12/h2-4,10,14H,5-7H2,1H3/t10-,12?/m0/s1. The second-order valence-electron chi connectivity index (χ2n) is 4.65. The summed E-state index contributed by atoms with van der Waals surface area (Å²) in [6.07, 6.45) is 1.24. The Balaban J connectivity index is 2.01.